The number of nitrogens with one attached hydrogen (secondary N) is 2. The number of carbonyl (C=O) groups excluding carboxylic acids is 1. The first-order valence-electron chi connectivity index (χ1n) is 8.10. The van der Waals surface area contributed by atoms with Crippen molar-refractivity contribution in [3.63, 3.8) is 0 Å². The van der Waals surface area contributed by atoms with Gasteiger partial charge in [0.25, 0.3) is 0 Å². The van der Waals surface area contributed by atoms with Gasteiger partial charge in [-0.2, -0.15) is 0 Å². The minimum Gasteiger partial charge on any atom is -0.356 e. The Morgan fingerprint density at radius 3 is 2.73 bits per heavy atom. The SMILES string of the molecule is O=C(CCC1CCNCC1)NCCCSc1ccc(F)cc1. The summed E-state index contributed by atoms with van der Waals surface area (Å²) in [6.07, 6.45) is 4.98. The number of amides is 1. The van der Waals surface area contributed by atoms with E-state index >= 15 is 0 Å². The second-order valence-electron chi connectivity index (χ2n) is 5.74. The van der Waals surface area contributed by atoms with Crippen LogP contribution in [-0.2, 0) is 4.79 Å². The molecule has 0 bridgehead atoms. The van der Waals surface area contributed by atoms with E-state index in [1.165, 1.54) is 25.0 Å². The quantitative estimate of drug-likeness (QED) is 0.570. The van der Waals surface area contributed by atoms with Crippen molar-refractivity contribution in [2.75, 3.05) is 25.4 Å². The Hall–Kier alpha value is -1.07. The molecule has 5 heteroatoms. The van der Waals surface area contributed by atoms with Crippen LogP contribution in [0.15, 0.2) is 29.2 Å². The van der Waals surface area contributed by atoms with Crippen LogP contribution in [-0.4, -0.2) is 31.3 Å². The van der Waals surface area contributed by atoms with E-state index in [2.05, 4.69) is 10.6 Å². The fourth-order valence-electron chi connectivity index (χ4n) is 2.61. The maximum Gasteiger partial charge on any atom is 0.220 e. The van der Waals surface area contributed by atoms with Gasteiger partial charge in [0.05, 0.1) is 0 Å². The number of piperidine rings is 1. The van der Waals surface area contributed by atoms with Gasteiger partial charge in [0.1, 0.15) is 5.82 Å². The van der Waals surface area contributed by atoms with E-state index in [1.807, 2.05) is 0 Å². The topological polar surface area (TPSA) is 41.1 Å². The van der Waals surface area contributed by atoms with Gasteiger partial charge in [-0.3, -0.25) is 4.79 Å². The average Bonchev–Trinajstić information content (AvgIpc) is 2.55. The van der Waals surface area contributed by atoms with Crippen molar-refractivity contribution in [2.45, 2.75) is 37.0 Å². The third-order valence-electron chi connectivity index (χ3n) is 3.96. The first kappa shape index (κ1) is 17.3. The van der Waals surface area contributed by atoms with E-state index in [0.717, 1.165) is 43.1 Å². The molecule has 1 saturated heterocycles. The lowest BCUT2D eigenvalue weighted by molar-refractivity contribution is -0.121. The van der Waals surface area contributed by atoms with Crippen LogP contribution in [0.5, 0.6) is 0 Å². The molecular weight excluding hydrogens is 299 g/mol. The van der Waals surface area contributed by atoms with Gasteiger partial charge >= 0.3 is 0 Å². The zero-order valence-electron chi connectivity index (χ0n) is 12.9. The fraction of sp³-hybridized carbons (Fsp3) is 0.588. The number of thioether (sulfide) groups is 1. The highest BCUT2D eigenvalue weighted by Gasteiger charge is 2.14. The van der Waals surface area contributed by atoms with Crippen molar-refractivity contribution in [3.05, 3.63) is 30.1 Å². The summed E-state index contributed by atoms with van der Waals surface area (Å²) in [6, 6.07) is 6.53. The highest BCUT2D eigenvalue weighted by atomic mass is 32.2. The Morgan fingerprint density at radius 1 is 1.27 bits per heavy atom. The molecule has 2 N–H and O–H groups in total. The van der Waals surface area contributed by atoms with Crippen molar-refractivity contribution in [1.82, 2.24) is 10.6 Å². The van der Waals surface area contributed by atoms with Crippen LogP contribution >= 0.6 is 11.8 Å². The van der Waals surface area contributed by atoms with Crippen molar-refractivity contribution in [1.29, 1.82) is 0 Å². The summed E-state index contributed by atoms with van der Waals surface area (Å²) in [6.45, 7) is 2.90. The minimum atomic E-state index is -0.203. The van der Waals surface area contributed by atoms with Crippen LogP contribution in [0.1, 0.15) is 32.1 Å². The second-order valence-corrected chi connectivity index (χ2v) is 6.91. The molecule has 1 amide bonds. The highest BCUT2D eigenvalue weighted by molar-refractivity contribution is 7.99. The van der Waals surface area contributed by atoms with Crippen molar-refractivity contribution in [3.8, 4) is 0 Å². The first-order valence-corrected chi connectivity index (χ1v) is 9.08. The largest absolute Gasteiger partial charge is 0.356 e. The molecule has 1 aromatic carbocycles. The van der Waals surface area contributed by atoms with E-state index in [0.29, 0.717) is 12.3 Å². The maximum absolute atomic E-state index is 12.8. The molecule has 0 spiro atoms. The Balaban J connectivity index is 1.49. The van der Waals surface area contributed by atoms with Gasteiger partial charge in [0.15, 0.2) is 0 Å². The summed E-state index contributed by atoms with van der Waals surface area (Å²) in [7, 11) is 0. The minimum absolute atomic E-state index is 0.172. The molecule has 1 aliphatic heterocycles. The summed E-state index contributed by atoms with van der Waals surface area (Å²) in [5, 5.41) is 6.33. The lowest BCUT2D eigenvalue weighted by Crippen LogP contribution is -2.29. The Labute approximate surface area is 136 Å². The summed E-state index contributed by atoms with van der Waals surface area (Å²) in [5.41, 5.74) is 0. The van der Waals surface area contributed by atoms with Gasteiger partial charge in [0, 0.05) is 17.9 Å². The molecule has 0 radical (unpaired) electrons. The molecule has 2 rings (SSSR count). The third kappa shape index (κ3) is 6.79. The summed E-state index contributed by atoms with van der Waals surface area (Å²) < 4.78 is 12.8. The van der Waals surface area contributed by atoms with Gasteiger partial charge in [-0.1, -0.05) is 0 Å². The third-order valence-corrected chi connectivity index (χ3v) is 5.06. The standard InChI is InChI=1S/C17H25FN2OS/c18-15-3-5-16(6-4-15)22-13-1-10-20-17(21)7-2-14-8-11-19-12-9-14/h3-6,14,19H,1-2,7-13H2,(H,20,21). The number of hydrogen-bond acceptors (Lipinski definition) is 3. The number of hydrogen-bond donors (Lipinski definition) is 2. The van der Waals surface area contributed by atoms with E-state index in [9.17, 15) is 9.18 Å². The molecule has 0 aromatic heterocycles. The molecule has 1 fully saturated rings. The Morgan fingerprint density at radius 2 is 2.00 bits per heavy atom. The molecule has 1 aliphatic rings. The van der Waals surface area contributed by atoms with Crippen LogP contribution in [0.3, 0.4) is 0 Å². The lowest BCUT2D eigenvalue weighted by Gasteiger charge is -2.22. The van der Waals surface area contributed by atoms with Crippen molar-refractivity contribution >= 4 is 17.7 Å². The zero-order chi connectivity index (χ0) is 15.6. The molecule has 122 valence electrons. The average molecular weight is 324 g/mol. The summed E-state index contributed by atoms with van der Waals surface area (Å²) in [4.78, 5) is 12.8. The van der Waals surface area contributed by atoms with Gasteiger partial charge in [-0.25, -0.2) is 4.39 Å². The molecule has 0 saturated carbocycles. The summed E-state index contributed by atoms with van der Waals surface area (Å²) >= 11 is 1.69. The second kappa shape index (κ2) is 9.85. The van der Waals surface area contributed by atoms with Crippen LogP contribution in [0.4, 0.5) is 4.39 Å². The fourth-order valence-corrected chi connectivity index (χ4v) is 3.47. The number of rotatable bonds is 8. The van der Waals surface area contributed by atoms with Crippen LogP contribution in [0.25, 0.3) is 0 Å². The smallest absolute Gasteiger partial charge is 0.220 e. The van der Waals surface area contributed by atoms with Gasteiger partial charge in [0.2, 0.25) is 5.91 Å². The van der Waals surface area contributed by atoms with Crippen LogP contribution in [0.2, 0.25) is 0 Å². The first-order chi connectivity index (χ1) is 10.7. The summed E-state index contributed by atoms with van der Waals surface area (Å²) in [5.74, 6) is 1.61. The number of halogens is 1. The maximum atomic E-state index is 12.8. The molecular formula is C17H25FN2OS. The van der Waals surface area contributed by atoms with Gasteiger partial charge in [-0.05, 0) is 74.7 Å². The van der Waals surface area contributed by atoms with Gasteiger partial charge < -0.3 is 10.6 Å². The molecule has 0 atom stereocenters. The molecule has 1 heterocycles. The molecule has 3 nitrogen and oxygen atoms in total. The predicted octanol–water partition coefficient (Wildman–Crippen LogP) is 3.20. The Bertz CT molecular complexity index is 446. The van der Waals surface area contributed by atoms with Gasteiger partial charge in [-0.15, -0.1) is 11.8 Å². The molecule has 0 aliphatic carbocycles. The normalized spacial score (nSPS) is 15.7. The Kier molecular flexibility index (Phi) is 7.74. The highest BCUT2D eigenvalue weighted by Crippen LogP contribution is 2.19. The number of benzene rings is 1. The van der Waals surface area contributed by atoms with E-state index in [-0.39, 0.29) is 11.7 Å². The predicted molar refractivity (Wildman–Crippen MR) is 89.6 cm³/mol. The van der Waals surface area contributed by atoms with E-state index in [1.54, 1.807) is 23.9 Å². The monoisotopic (exact) mass is 324 g/mol. The lowest BCUT2D eigenvalue weighted by atomic mass is 9.93. The van der Waals surface area contributed by atoms with E-state index < -0.39 is 0 Å². The van der Waals surface area contributed by atoms with Crippen molar-refractivity contribution < 1.29 is 9.18 Å². The molecule has 1 aromatic rings. The molecule has 22 heavy (non-hydrogen) atoms. The van der Waals surface area contributed by atoms with Crippen LogP contribution < -0.4 is 10.6 Å². The van der Waals surface area contributed by atoms with E-state index in [4.69, 9.17) is 0 Å². The van der Waals surface area contributed by atoms with Crippen molar-refractivity contribution in [2.24, 2.45) is 5.92 Å². The zero-order valence-corrected chi connectivity index (χ0v) is 13.8. The van der Waals surface area contributed by atoms with Crippen LogP contribution in [0, 0.1) is 11.7 Å². The molecule has 0 unspecified atom stereocenters. The number of carbonyl (C=O) groups is 1.